The van der Waals surface area contributed by atoms with Gasteiger partial charge in [-0.05, 0) is 13.0 Å². The minimum absolute atomic E-state index is 0.0347. The maximum atomic E-state index is 12.6. The van der Waals surface area contributed by atoms with Gasteiger partial charge < -0.3 is 4.74 Å². The van der Waals surface area contributed by atoms with Crippen molar-refractivity contribution in [2.75, 3.05) is 6.54 Å². The molecule has 3 heteroatoms. The van der Waals surface area contributed by atoms with Crippen molar-refractivity contribution in [2.45, 2.75) is 18.8 Å². The summed E-state index contributed by atoms with van der Waals surface area (Å²) in [5.41, 5.74) is 1.99. The molecule has 1 fully saturated rings. The summed E-state index contributed by atoms with van der Waals surface area (Å²) in [4.78, 5) is 14.5. The second-order valence-electron chi connectivity index (χ2n) is 5.40. The van der Waals surface area contributed by atoms with Crippen LogP contribution >= 0.6 is 0 Å². The highest BCUT2D eigenvalue weighted by atomic mass is 16.5. The summed E-state index contributed by atoms with van der Waals surface area (Å²) < 4.78 is 6.26. The third-order valence-corrected chi connectivity index (χ3v) is 4.12. The lowest BCUT2D eigenvalue weighted by molar-refractivity contribution is -0.0542. The monoisotopic (exact) mass is 265 g/mol. The molecule has 100 valence electrons. The first-order valence-electron chi connectivity index (χ1n) is 6.88. The summed E-state index contributed by atoms with van der Waals surface area (Å²) in [5, 5.41) is 0. The fourth-order valence-corrected chi connectivity index (χ4v) is 3.37. The van der Waals surface area contributed by atoms with E-state index in [-0.39, 0.29) is 12.0 Å². The Bertz CT molecular complexity index is 682. The number of carbonyl (C=O) groups is 1. The SMILES string of the molecule is C[C@H]1CN2C(=O)c3ccccc3C2(c2ccccc2)O1. The number of rotatable bonds is 1. The smallest absolute Gasteiger partial charge is 0.257 e. The molecular weight excluding hydrogens is 250 g/mol. The highest BCUT2D eigenvalue weighted by molar-refractivity contribution is 6.00. The van der Waals surface area contributed by atoms with Gasteiger partial charge in [0.25, 0.3) is 5.91 Å². The maximum Gasteiger partial charge on any atom is 0.257 e. The molecule has 2 heterocycles. The van der Waals surface area contributed by atoms with Gasteiger partial charge in [-0.2, -0.15) is 0 Å². The van der Waals surface area contributed by atoms with Crippen molar-refractivity contribution >= 4 is 5.91 Å². The highest BCUT2D eigenvalue weighted by Gasteiger charge is 2.56. The van der Waals surface area contributed by atoms with E-state index >= 15 is 0 Å². The normalized spacial score (nSPS) is 27.6. The number of nitrogens with zero attached hydrogens (tertiary/aromatic N) is 1. The van der Waals surface area contributed by atoms with Gasteiger partial charge in [-0.25, -0.2) is 0 Å². The molecule has 0 radical (unpaired) electrons. The molecule has 0 spiro atoms. The van der Waals surface area contributed by atoms with Gasteiger partial charge in [0.2, 0.25) is 0 Å². The Balaban J connectivity index is 2.01. The number of amides is 1. The molecule has 20 heavy (non-hydrogen) atoms. The van der Waals surface area contributed by atoms with Gasteiger partial charge in [-0.15, -0.1) is 0 Å². The van der Waals surface area contributed by atoms with Crippen molar-refractivity contribution in [2.24, 2.45) is 0 Å². The van der Waals surface area contributed by atoms with Gasteiger partial charge in [0.15, 0.2) is 5.72 Å². The Morgan fingerprint density at radius 1 is 1.10 bits per heavy atom. The van der Waals surface area contributed by atoms with Crippen molar-refractivity contribution in [1.82, 2.24) is 4.90 Å². The number of carbonyl (C=O) groups excluding carboxylic acids is 1. The Labute approximate surface area is 117 Å². The predicted octanol–water partition coefficient (Wildman–Crippen LogP) is 2.76. The Hall–Kier alpha value is -2.13. The maximum absolute atomic E-state index is 12.6. The summed E-state index contributed by atoms with van der Waals surface area (Å²) in [6.07, 6.45) is 0.0347. The highest BCUT2D eigenvalue weighted by Crippen LogP contribution is 2.49. The van der Waals surface area contributed by atoms with E-state index in [1.165, 1.54) is 0 Å². The quantitative estimate of drug-likeness (QED) is 0.793. The number of benzene rings is 2. The van der Waals surface area contributed by atoms with Crippen LogP contribution in [0.25, 0.3) is 0 Å². The Morgan fingerprint density at radius 3 is 2.60 bits per heavy atom. The number of hydrogen-bond acceptors (Lipinski definition) is 2. The average molecular weight is 265 g/mol. The molecule has 3 nitrogen and oxygen atoms in total. The zero-order valence-corrected chi connectivity index (χ0v) is 11.2. The van der Waals surface area contributed by atoms with Gasteiger partial charge in [-0.3, -0.25) is 9.69 Å². The van der Waals surface area contributed by atoms with Gasteiger partial charge in [0.1, 0.15) is 0 Å². The molecule has 0 aromatic heterocycles. The van der Waals surface area contributed by atoms with Gasteiger partial charge in [-0.1, -0.05) is 48.5 Å². The van der Waals surface area contributed by atoms with Crippen LogP contribution in [0.5, 0.6) is 0 Å². The third kappa shape index (κ3) is 1.30. The number of fused-ring (bicyclic) bond motifs is 3. The molecule has 0 saturated carbocycles. The predicted molar refractivity (Wildman–Crippen MR) is 75.2 cm³/mol. The summed E-state index contributed by atoms with van der Waals surface area (Å²) in [7, 11) is 0. The lowest BCUT2D eigenvalue weighted by Gasteiger charge is -2.32. The van der Waals surface area contributed by atoms with Crippen LogP contribution < -0.4 is 0 Å². The molecule has 2 aromatic rings. The first-order valence-corrected chi connectivity index (χ1v) is 6.88. The van der Waals surface area contributed by atoms with Crippen LogP contribution in [0.3, 0.4) is 0 Å². The molecule has 0 bridgehead atoms. The van der Waals surface area contributed by atoms with E-state index < -0.39 is 5.72 Å². The van der Waals surface area contributed by atoms with Gasteiger partial charge in [0.05, 0.1) is 12.6 Å². The fraction of sp³-hybridized carbons (Fsp3) is 0.235. The molecule has 1 unspecified atom stereocenters. The Kier molecular flexibility index (Phi) is 2.30. The minimum atomic E-state index is -0.742. The molecule has 2 atom stereocenters. The van der Waals surface area contributed by atoms with E-state index in [0.717, 1.165) is 16.7 Å². The molecule has 1 saturated heterocycles. The number of ether oxygens (including phenoxy) is 1. The lowest BCUT2D eigenvalue weighted by Crippen LogP contribution is -2.40. The van der Waals surface area contributed by atoms with E-state index in [0.29, 0.717) is 6.54 Å². The summed E-state index contributed by atoms with van der Waals surface area (Å²) >= 11 is 0. The van der Waals surface area contributed by atoms with Crippen LogP contribution in [-0.4, -0.2) is 23.5 Å². The van der Waals surface area contributed by atoms with Crippen LogP contribution in [0.15, 0.2) is 54.6 Å². The van der Waals surface area contributed by atoms with Crippen LogP contribution in [-0.2, 0) is 10.5 Å². The van der Waals surface area contributed by atoms with Crippen LogP contribution in [0.1, 0.15) is 28.4 Å². The van der Waals surface area contributed by atoms with Crippen LogP contribution in [0.4, 0.5) is 0 Å². The molecule has 2 aliphatic rings. The van der Waals surface area contributed by atoms with Gasteiger partial charge >= 0.3 is 0 Å². The molecule has 0 aliphatic carbocycles. The summed E-state index contributed by atoms with van der Waals surface area (Å²) in [6.45, 7) is 2.64. The molecule has 4 rings (SSSR count). The summed E-state index contributed by atoms with van der Waals surface area (Å²) in [6, 6.07) is 17.8. The second kappa shape index (κ2) is 3.93. The fourth-order valence-electron chi connectivity index (χ4n) is 3.37. The third-order valence-electron chi connectivity index (χ3n) is 4.12. The standard InChI is InChI=1S/C17H15NO2/c1-12-11-18-16(19)14-9-5-6-10-15(14)17(18,20-12)13-7-3-2-4-8-13/h2-10,12H,11H2,1H3/t12-,17?/m0/s1. The first kappa shape index (κ1) is 11.7. The van der Waals surface area contributed by atoms with E-state index in [4.69, 9.17) is 4.74 Å². The molecular formula is C17H15NO2. The van der Waals surface area contributed by atoms with Crippen molar-refractivity contribution in [1.29, 1.82) is 0 Å². The van der Waals surface area contributed by atoms with Crippen LogP contribution in [0.2, 0.25) is 0 Å². The first-order chi connectivity index (χ1) is 9.73. The zero-order valence-electron chi connectivity index (χ0n) is 11.2. The Morgan fingerprint density at radius 2 is 1.80 bits per heavy atom. The van der Waals surface area contributed by atoms with Crippen molar-refractivity contribution in [3.8, 4) is 0 Å². The second-order valence-corrected chi connectivity index (χ2v) is 5.40. The van der Waals surface area contributed by atoms with E-state index in [1.807, 2.05) is 66.4 Å². The van der Waals surface area contributed by atoms with Crippen molar-refractivity contribution in [3.63, 3.8) is 0 Å². The van der Waals surface area contributed by atoms with Gasteiger partial charge in [0, 0.05) is 16.7 Å². The average Bonchev–Trinajstić information content (AvgIpc) is 2.95. The molecule has 2 aromatic carbocycles. The molecule has 0 N–H and O–H groups in total. The zero-order chi connectivity index (χ0) is 13.7. The topological polar surface area (TPSA) is 29.5 Å². The van der Waals surface area contributed by atoms with E-state index in [2.05, 4.69) is 0 Å². The molecule has 2 aliphatic heterocycles. The van der Waals surface area contributed by atoms with Crippen molar-refractivity contribution < 1.29 is 9.53 Å². The molecule has 1 amide bonds. The van der Waals surface area contributed by atoms with E-state index in [1.54, 1.807) is 0 Å². The van der Waals surface area contributed by atoms with Crippen molar-refractivity contribution in [3.05, 3.63) is 71.3 Å². The minimum Gasteiger partial charge on any atom is -0.342 e. The van der Waals surface area contributed by atoms with E-state index in [9.17, 15) is 4.79 Å². The number of hydrogen-bond donors (Lipinski definition) is 0. The summed E-state index contributed by atoms with van der Waals surface area (Å²) in [5.74, 6) is 0.0637. The lowest BCUT2D eigenvalue weighted by atomic mass is 9.94. The van der Waals surface area contributed by atoms with Crippen LogP contribution in [0, 0.1) is 0 Å². The largest absolute Gasteiger partial charge is 0.342 e.